The van der Waals surface area contributed by atoms with E-state index in [9.17, 15) is 14.4 Å². The third-order valence-corrected chi connectivity index (χ3v) is 1.48. The van der Waals surface area contributed by atoms with E-state index in [2.05, 4.69) is 5.32 Å². The number of carbonyl (C=O) groups is 3. The van der Waals surface area contributed by atoms with E-state index in [0.29, 0.717) is 0 Å². The van der Waals surface area contributed by atoms with Crippen LogP contribution in [0.5, 0.6) is 0 Å². The lowest BCUT2D eigenvalue weighted by molar-refractivity contribution is -0.126. The molecule has 0 aliphatic carbocycles. The summed E-state index contributed by atoms with van der Waals surface area (Å²) in [5, 5.41) is 2.22. The molecule has 7 nitrogen and oxygen atoms in total. The zero-order valence-corrected chi connectivity index (χ0v) is 7.66. The second kappa shape index (κ2) is 5.92. The molecule has 0 aromatic heterocycles. The van der Waals surface area contributed by atoms with E-state index in [1.165, 1.54) is 0 Å². The van der Waals surface area contributed by atoms with Crippen LogP contribution in [-0.2, 0) is 14.4 Å². The topological polar surface area (TPSA) is 141 Å². The Bertz CT molecular complexity index is 241. The van der Waals surface area contributed by atoms with Crippen molar-refractivity contribution in [1.29, 1.82) is 0 Å². The van der Waals surface area contributed by atoms with Crippen LogP contribution in [0.3, 0.4) is 0 Å². The lowest BCUT2D eigenvalue weighted by Crippen LogP contribution is -2.44. The number of nitrogens with two attached hydrogens (primary N) is 3. The molecule has 0 radical (unpaired) electrons. The van der Waals surface area contributed by atoms with E-state index >= 15 is 0 Å². The van der Waals surface area contributed by atoms with Gasteiger partial charge in [0.1, 0.15) is 0 Å². The quantitative estimate of drug-likeness (QED) is 0.368. The molecule has 14 heavy (non-hydrogen) atoms. The number of nitrogens with one attached hydrogen (secondary N) is 1. The van der Waals surface area contributed by atoms with Crippen molar-refractivity contribution in [3.05, 3.63) is 0 Å². The predicted molar refractivity (Wildman–Crippen MR) is 48.6 cm³/mol. The van der Waals surface area contributed by atoms with Gasteiger partial charge < -0.3 is 22.5 Å². The fourth-order valence-electron chi connectivity index (χ4n) is 0.734. The largest absolute Gasteiger partial charge is 0.370 e. The minimum Gasteiger partial charge on any atom is -0.370 e. The lowest BCUT2D eigenvalue weighted by Gasteiger charge is -2.09. The third kappa shape index (κ3) is 5.95. The maximum atomic E-state index is 11.1. The second-order valence-electron chi connectivity index (χ2n) is 2.80. The third-order valence-electron chi connectivity index (χ3n) is 1.48. The Labute approximate surface area is 81.0 Å². The van der Waals surface area contributed by atoms with Gasteiger partial charge in [-0.3, -0.25) is 14.4 Å². The fraction of sp³-hybridized carbons (Fsp3) is 0.571. The highest BCUT2D eigenvalue weighted by Gasteiger charge is 2.14. The molecule has 0 aliphatic rings. The van der Waals surface area contributed by atoms with E-state index in [0.717, 1.165) is 0 Å². The molecule has 0 aromatic rings. The molecule has 0 fully saturated rings. The Morgan fingerprint density at radius 2 is 1.71 bits per heavy atom. The summed E-state index contributed by atoms with van der Waals surface area (Å²) in [5.74, 6) is -1.70. The summed E-state index contributed by atoms with van der Waals surface area (Å²) in [6, 6.07) is -0.846. The first kappa shape index (κ1) is 12.4. The van der Waals surface area contributed by atoms with Gasteiger partial charge >= 0.3 is 0 Å². The highest BCUT2D eigenvalue weighted by atomic mass is 16.2. The van der Waals surface area contributed by atoms with E-state index < -0.39 is 23.8 Å². The van der Waals surface area contributed by atoms with Gasteiger partial charge in [0.2, 0.25) is 17.7 Å². The van der Waals surface area contributed by atoms with Gasteiger partial charge in [0.25, 0.3) is 0 Å². The summed E-state index contributed by atoms with van der Waals surface area (Å²) in [7, 11) is 0. The van der Waals surface area contributed by atoms with Crippen LogP contribution >= 0.6 is 0 Å². The van der Waals surface area contributed by atoms with Crippen LogP contribution < -0.4 is 22.5 Å². The van der Waals surface area contributed by atoms with Gasteiger partial charge in [-0.25, -0.2) is 0 Å². The summed E-state index contributed by atoms with van der Waals surface area (Å²) >= 11 is 0. The molecule has 7 heteroatoms. The van der Waals surface area contributed by atoms with Gasteiger partial charge in [-0.2, -0.15) is 0 Å². The van der Waals surface area contributed by atoms with Crippen LogP contribution in [0.1, 0.15) is 12.8 Å². The van der Waals surface area contributed by atoms with Crippen molar-refractivity contribution in [2.24, 2.45) is 17.2 Å². The number of carbonyl (C=O) groups excluding carboxylic acids is 3. The van der Waals surface area contributed by atoms with Crippen LogP contribution in [-0.4, -0.2) is 30.3 Å². The van der Waals surface area contributed by atoms with Crippen molar-refractivity contribution in [2.75, 3.05) is 6.54 Å². The molecule has 80 valence electrons. The van der Waals surface area contributed by atoms with Gasteiger partial charge in [0.15, 0.2) is 0 Å². The van der Waals surface area contributed by atoms with Gasteiger partial charge in [-0.1, -0.05) is 0 Å². The van der Waals surface area contributed by atoms with E-state index in [1.807, 2.05) is 0 Å². The standard InChI is InChI=1S/C7H14N4O3/c8-4(1-2-5(9)12)7(14)11-3-6(10)13/h4H,1-3,8H2,(H2,9,12)(H2,10,13)(H,11,14)/t4-/m0/s1. The minimum atomic E-state index is -0.846. The van der Waals surface area contributed by atoms with Gasteiger partial charge in [-0.05, 0) is 6.42 Å². The summed E-state index contributed by atoms with van der Waals surface area (Å²) in [4.78, 5) is 31.7. The van der Waals surface area contributed by atoms with Gasteiger partial charge in [-0.15, -0.1) is 0 Å². The monoisotopic (exact) mass is 202 g/mol. The van der Waals surface area contributed by atoms with E-state index in [-0.39, 0.29) is 19.4 Å². The van der Waals surface area contributed by atoms with Crippen molar-refractivity contribution in [3.63, 3.8) is 0 Å². The summed E-state index contributed by atoms with van der Waals surface area (Å²) in [6.45, 7) is -0.261. The van der Waals surface area contributed by atoms with E-state index in [1.54, 1.807) is 0 Å². The van der Waals surface area contributed by atoms with Crippen LogP contribution in [0.15, 0.2) is 0 Å². The van der Waals surface area contributed by atoms with Crippen molar-refractivity contribution in [3.8, 4) is 0 Å². The molecule has 0 heterocycles. The molecule has 0 rings (SSSR count). The first-order chi connectivity index (χ1) is 6.43. The first-order valence-corrected chi connectivity index (χ1v) is 4.03. The lowest BCUT2D eigenvalue weighted by atomic mass is 10.1. The van der Waals surface area contributed by atoms with Crippen molar-refractivity contribution in [1.82, 2.24) is 5.32 Å². The molecular formula is C7H14N4O3. The average Bonchev–Trinajstić information content (AvgIpc) is 2.09. The highest BCUT2D eigenvalue weighted by molar-refractivity contribution is 5.87. The number of hydrogen-bond donors (Lipinski definition) is 4. The molecule has 0 saturated carbocycles. The van der Waals surface area contributed by atoms with Crippen molar-refractivity contribution >= 4 is 17.7 Å². The Hall–Kier alpha value is -1.63. The van der Waals surface area contributed by atoms with Crippen molar-refractivity contribution < 1.29 is 14.4 Å². The number of amides is 3. The molecule has 3 amide bonds. The molecule has 0 spiro atoms. The summed E-state index contributed by atoms with van der Waals surface area (Å²) < 4.78 is 0. The zero-order valence-electron chi connectivity index (χ0n) is 7.66. The zero-order chi connectivity index (χ0) is 11.1. The smallest absolute Gasteiger partial charge is 0.237 e. The maximum absolute atomic E-state index is 11.1. The number of rotatable bonds is 6. The molecular weight excluding hydrogens is 188 g/mol. The molecule has 0 unspecified atom stereocenters. The summed E-state index contributed by atoms with van der Waals surface area (Å²) in [5.41, 5.74) is 15.0. The molecule has 7 N–H and O–H groups in total. The Kier molecular flexibility index (Phi) is 5.23. The average molecular weight is 202 g/mol. The molecule has 0 saturated heterocycles. The minimum absolute atomic E-state index is 0.0329. The summed E-state index contributed by atoms with van der Waals surface area (Å²) in [6.07, 6.45) is 0.186. The van der Waals surface area contributed by atoms with E-state index in [4.69, 9.17) is 17.2 Å². The normalized spacial score (nSPS) is 11.8. The Balaban J connectivity index is 3.76. The Morgan fingerprint density at radius 1 is 1.14 bits per heavy atom. The predicted octanol–water partition coefficient (Wildman–Crippen LogP) is -2.82. The maximum Gasteiger partial charge on any atom is 0.237 e. The first-order valence-electron chi connectivity index (χ1n) is 4.03. The number of primary amides is 2. The van der Waals surface area contributed by atoms with Crippen LogP contribution in [0.25, 0.3) is 0 Å². The van der Waals surface area contributed by atoms with Crippen molar-refractivity contribution in [2.45, 2.75) is 18.9 Å². The Morgan fingerprint density at radius 3 is 2.14 bits per heavy atom. The fourth-order valence-corrected chi connectivity index (χ4v) is 0.734. The van der Waals surface area contributed by atoms with Crippen LogP contribution in [0.4, 0.5) is 0 Å². The number of hydrogen-bond acceptors (Lipinski definition) is 4. The molecule has 0 aromatic carbocycles. The molecule has 0 aliphatic heterocycles. The van der Waals surface area contributed by atoms with Gasteiger partial charge in [0, 0.05) is 6.42 Å². The van der Waals surface area contributed by atoms with Gasteiger partial charge in [0.05, 0.1) is 12.6 Å². The second-order valence-corrected chi connectivity index (χ2v) is 2.80. The molecule has 0 bridgehead atoms. The SMILES string of the molecule is NC(=O)CC[C@H](N)C(=O)NCC(N)=O. The van der Waals surface area contributed by atoms with Crippen LogP contribution in [0.2, 0.25) is 0 Å². The molecule has 1 atom stereocenters. The highest BCUT2D eigenvalue weighted by Crippen LogP contribution is 1.93. The van der Waals surface area contributed by atoms with Crippen LogP contribution in [0, 0.1) is 0 Å².